The van der Waals surface area contributed by atoms with E-state index in [1.807, 2.05) is 0 Å². The second-order valence-corrected chi connectivity index (χ2v) is 3.68. The minimum Gasteiger partial charge on any atom is -0.504 e. The second kappa shape index (κ2) is 6.15. The average Bonchev–Trinajstić information content (AvgIpc) is 2.37. The Morgan fingerprint density at radius 3 is 2.44 bits per heavy atom. The maximum Gasteiger partial charge on any atom is 0.186 e. The Kier molecular flexibility index (Phi) is 4.85. The zero-order valence-electron chi connectivity index (χ0n) is 9.39. The molecule has 18 heavy (non-hydrogen) atoms. The predicted molar refractivity (Wildman–Crippen MR) is 62.9 cm³/mol. The van der Waals surface area contributed by atoms with Crippen LogP contribution in [0, 0.1) is 0 Å². The summed E-state index contributed by atoms with van der Waals surface area (Å²) < 4.78 is 0. The van der Waals surface area contributed by atoms with Crippen LogP contribution in [0.25, 0.3) is 6.08 Å². The number of phenols is 2. The van der Waals surface area contributed by atoms with Crippen LogP contribution in [0.5, 0.6) is 11.5 Å². The highest BCUT2D eigenvalue weighted by Gasteiger charge is 2.20. The number of aliphatic hydroxyl groups excluding tert-OH is 3. The number of phenolic OH excluding ortho intramolecular Hbond substituents is 2. The Morgan fingerprint density at radius 2 is 1.89 bits per heavy atom. The summed E-state index contributed by atoms with van der Waals surface area (Å²) in [4.78, 5) is 11.3. The maximum atomic E-state index is 11.3. The Hall–Kier alpha value is -1.89. The van der Waals surface area contributed by atoms with Gasteiger partial charge in [0, 0.05) is 0 Å². The van der Waals surface area contributed by atoms with Gasteiger partial charge in [0.25, 0.3) is 0 Å². The highest BCUT2D eigenvalue weighted by Crippen LogP contribution is 2.25. The molecule has 0 amide bonds. The van der Waals surface area contributed by atoms with Gasteiger partial charge in [-0.1, -0.05) is 12.1 Å². The van der Waals surface area contributed by atoms with Gasteiger partial charge in [0.15, 0.2) is 17.3 Å². The van der Waals surface area contributed by atoms with Crippen LogP contribution in [-0.4, -0.2) is 50.1 Å². The lowest BCUT2D eigenvalue weighted by Crippen LogP contribution is -2.35. The number of hydrogen-bond acceptors (Lipinski definition) is 6. The molecule has 1 aromatic carbocycles. The van der Waals surface area contributed by atoms with Crippen molar-refractivity contribution in [2.24, 2.45) is 0 Å². The van der Waals surface area contributed by atoms with Gasteiger partial charge in [-0.3, -0.25) is 4.79 Å². The van der Waals surface area contributed by atoms with Crippen molar-refractivity contribution in [3.8, 4) is 11.5 Å². The largest absolute Gasteiger partial charge is 0.504 e. The molecule has 0 aliphatic heterocycles. The number of carbonyl (C=O) groups is 1. The monoisotopic (exact) mass is 254 g/mol. The second-order valence-electron chi connectivity index (χ2n) is 3.68. The van der Waals surface area contributed by atoms with E-state index < -0.39 is 24.6 Å². The van der Waals surface area contributed by atoms with E-state index in [1.165, 1.54) is 24.3 Å². The number of carbonyl (C=O) groups excluding carboxylic acids is 1. The van der Waals surface area contributed by atoms with E-state index in [9.17, 15) is 15.0 Å². The van der Waals surface area contributed by atoms with Gasteiger partial charge >= 0.3 is 0 Å². The van der Waals surface area contributed by atoms with E-state index in [0.29, 0.717) is 5.56 Å². The topological polar surface area (TPSA) is 118 Å². The van der Waals surface area contributed by atoms with Crippen molar-refractivity contribution >= 4 is 11.9 Å². The van der Waals surface area contributed by atoms with Gasteiger partial charge in [-0.05, 0) is 23.8 Å². The van der Waals surface area contributed by atoms with Gasteiger partial charge in [0.1, 0.15) is 12.2 Å². The molecule has 0 heterocycles. The summed E-state index contributed by atoms with van der Waals surface area (Å²) in [6.07, 6.45) is -0.920. The molecule has 5 N–H and O–H groups in total. The molecule has 2 atom stereocenters. The van der Waals surface area contributed by atoms with Gasteiger partial charge in [0.2, 0.25) is 0 Å². The first-order valence-corrected chi connectivity index (χ1v) is 5.16. The Bertz CT molecular complexity index is 454. The Morgan fingerprint density at radius 1 is 1.22 bits per heavy atom. The fourth-order valence-corrected chi connectivity index (χ4v) is 1.21. The first kappa shape index (κ1) is 14.2. The fraction of sp³-hybridized carbons (Fsp3) is 0.250. The number of benzene rings is 1. The third-order valence-corrected chi connectivity index (χ3v) is 2.28. The number of aromatic hydroxyl groups is 2. The minimum absolute atomic E-state index is 0.283. The van der Waals surface area contributed by atoms with Crippen molar-refractivity contribution in [1.82, 2.24) is 0 Å². The predicted octanol–water partition coefficient (Wildman–Crippen LogP) is -0.606. The summed E-state index contributed by atoms with van der Waals surface area (Å²) >= 11 is 0. The van der Waals surface area contributed by atoms with Crippen molar-refractivity contribution in [3.63, 3.8) is 0 Å². The number of rotatable bonds is 5. The molecule has 0 fully saturated rings. The number of ketones is 1. The molecule has 0 aliphatic carbocycles. The third kappa shape index (κ3) is 3.56. The summed E-state index contributed by atoms with van der Waals surface area (Å²) in [6.45, 7) is -0.721. The van der Waals surface area contributed by atoms with E-state index in [0.717, 1.165) is 6.08 Å². The van der Waals surface area contributed by atoms with Gasteiger partial charge in [0.05, 0.1) is 6.61 Å². The Balaban J connectivity index is 2.74. The molecule has 0 radical (unpaired) electrons. The van der Waals surface area contributed by atoms with E-state index in [4.69, 9.17) is 15.3 Å². The van der Waals surface area contributed by atoms with Gasteiger partial charge in [-0.25, -0.2) is 0 Å². The van der Waals surface area contributed by atoms with Crippen molar-refractivity contribution in [2.75, 3.05) is 6.61 Å². The molecule has 98 valence electrons. The number of hydrogen-bond donors (Lipinski definition) is 5. The van der Waals surface area contributed by atoms with Crippen LogP contribution in [0.2, 0.25) is 0 Å². The van der Waals surface area contributed by atoms with Gasteiger partial charge in [-0.15, -0.1) is 0 Å². The summed E-state index contributed by atoms with van der Waals surface area (Å²) in [5, 5.41) is 45.2. The summed E-state index contributed by atoms with van der Waals surface area (Å²) in [7, 11) is 0. The minimum atomic E-state index is -1.70. The van der Waals surface area contributed by atoms with Crippen LogP contribution < -0.4 is 0 Å². The third-order valence-electron chi connectivity index (χ3n) is 2.28. The fourth-order valence-electron chi connectivity index (χ4n) is 1.21. The van der Waals surface area contributed by atoms with Crippen LogP contribution in [0.3, 0.4) is 0 Å². The zero-order valence-corrected chi connectivity index (χ0v) is 9.39. The van der Waals surface area contributed by atoms with Crippen molar-refractivity contribution in [2.45, 2.75) is 12.2 Å². The molecule has 1 aromatic rings. The normalized spacial score (nSPS) is 14.6. The number of aliphatic hydroxyl groups is 3. The lowest BCUT2D eigenvalue weighted by Gasteiger charge is -2.11. The molecule has 6 heteroatoms. The smallest absolute Gasteiger partial charge is 0.186 e. The lowest BCUT2D eigenvalue weighted by molar-refractivity contribution is -0.129. The first-order chi connectivity index (χ1) is 8.45. The maximum absolute atomic E-state index is 11.3. The van der Waals surface area contributed by atoms with Crippen molar-refractivity contribution in [3.05, 3.63) is 29.8 Å². The first-order valence-electron chi connectivity index (χ1n) is 5.16. The van der Waals surface area contributed by atoms with Crippen LogP contribution in [0.15, 0.2) is 24.3 Å². The van der Waals surface area contributed by atoms with Crippen molar-refractivity contribution in [1.29, 1.82) is 0 Å². The van der Waals surface area contributed by atoms with E-state index in [-0.39, 0.29) is 11.5 Å². The standard InChI is InChI=1S/C12H14O6/c13-6-11(17)12(18)9(15)4-2-7-1-3-8(14)10(16)5-7/h1-5,11-14,16-18H,6H2/b4-2+. The van der Waals surface area contributed by atoms with E-state index in [1.54, 1.807) is 0 Å². The molecule has 0 aliphatic rings. The molecular weight excluding hydrogens is 240 g/mol. The zero-order chi connectivity index (χ0) is 13.7. The average molecular weight is 254 g/mol. The molecule has 0 spiro atoms. The highest BCUT2D eigenvalue weighted by atomic mass is 16.4. The molecule has 0 aromatic heterocycles. The van der Waals surface area contributed by atoms with Gasteiger partial charge in [-0.2, -0.15) is 0 Å². The summed E-state index contributed by atoms with van der Waals surface area (Å²) in [5.41, 5.74) is 0.435. The molecule has 0 saturated carbocycles. The summed E-state index contributed by atoms with van der Waals surface area (Å²) in [6, 6.07) is 3.93. The van der Waals surface area contributed by atoms with Crippen LogP contribution >= 0.6 is 0 Å². The summed E-state index contributed by atoms with van der Waals surface area (Å²) in [5.74, 6) is -1.39. The molecule has 0 saturated heterocycles. The van der Waals surface area contributed by atoms with Crippen molar-refractivity contribution < 1.29 is 30.3 Å². The lowest BCUT2D eigenvalue weighted by atomic mass is 10.1. The molecule has 0 bridgehead atoms. The van der Waals surface area contributed by atoms with Crippen LogP contribution in [0.1, 0.15) is 5.56 Å². The van der Waals surface area contributed by atoms with Crippen LogP contribution in [-0.2, 0) is 4.79 Å². The highest BCUT2D eigenvalue weighted by molar-refractivity contribution is 5.97. The molecule has 2 unspecified atom stereocenters. The molecular formula is C12H14O6. The van der Waals surface area contributed by atoms with E-state index in [2.05, 4.69) is 0 Å². The SMILES string of the molecule is O=C(/C=C/c1ccc(O)c(O)c1)C(O)C(O)CO. The van der Waals surface area contributed by atoms with E-state index >= 15 is 0 Å². The Labute approximate surface area is 103 Å². The van der Waals surface area contributed by atoms with Gasteiger partial charge < -0.3 is 25.5 Å². The molecule has 6 nitrogen and oxygen atoms in total. The van der Waals surface area contributed by atoms with Crippen LogP contribution in [0.4, 0.5) is 0 Å². The molecule has 1 rings (SSSR count). The quantitative estimate of drug-likeness (QED) is 0.353.